The van der Waals surface area contributed by atoms with Gasteiger partial charge in [-0.05, 0) is 42.8 Å². The van der Waals surface area contributed by atoms with Crippen molar-refractivity contribution < 1.29 is 19.3 Å². The first-order chi connectivity index (χ1) is 12.8. The van der Waals surface area contributed by atoms with Gasteiger partial charge in [0.05, 0.1) is 10.6 Å². The van der Waals surface area contributed by atoms with Crippen LogP contribution >= 0.6 is 11.6 Å². The second-order valence-electron chi connectivity index (χ2n) is 5.74. The normalized spacial score (nSPS) is 15.9. The van der Waals surface area contributed by atoms with Crippen LogP contribution in [0.5, 0.6) is 0 Å². The number of carbonyl (C=O) groups is 3. The molecule has 0 saturated carbocycles. The van der Waals surface area contributed by atoms with E-state index < -0.39 is 22.8 Å². The van der Waals surface area contributed by atoms with E-state index in [1.54, 1.807) is 13.0 Å². The van der Waals surface area contributed by atoms with Crippen molar-refractivity contribution in [3.05, 3.63) is 74.3 Å². The number of benzene rings is 2. The summed E-state index contributed by atoms with van der Waals surface area (Å²) < 4.78 is 0. The number of nitrogens with zero attached hydrogens (tertiary/aromatic N) is 2. The fourth-order valence-corrected chi connectivity index (χ4v) is 2.69. The van der Waals surface area contributed by atoms with Crippen LogP contribution in [-0.2, 0) is 9.59 Å². The molecule has 4 amide bonds. The molecule has 0 spiro atoms. The Kier molecular flexibility index (Phi) is 4.74. The maximum absolute atomic E-state index is 12.7. The zero-order chi connectivity index (χ0) is 19.7. The van der Waals surface area contributed by atoms with Crippen LogP contribution in [0.15, 0.2) is 48.0 Å². The quantitative estimate of drug-likeness (QED) is 0.377. The molecule has 0 aliphatic carbocycles. The number of halogens is 1. The predicted octanol–water partition coefficient (Wildman–Crippen LogP) is 3.22. The lowest BCUT2D eigenvalue weighted by Gasteiger charge is -2.26. The summed E-state index contributed by atoms with van der Waals surface area (Å²) in [5, 5.41) is 13.6. The van der Waals surface area contributed by atoms with Crippen LogP contribution in [-0.4, -0.2) is 22.8 Å². The number of aryl methyl sites for hydroxylation is 1. The average molecular weight is 386 g/mol. The molecule has 0 bridgehead atoms. The Bertz CT molecular complexity index is 1010. The molecule has 2 aromatic rings. The van der Waals surface area contributed by atoms with Crippen molar-refractivity contribution in [1.82, 2.24) is 5.32 Å². The molecule has 0 atom stereocenters. The van der Waals surface area contributed by atoms with Crippen molar-refractivity contribution in [1.29, 1.82) is 0 Å². The van der Waals surface area contributed by atoms with E-state index in [1.165, 1.54) is 42.5 Å². The largest absolute Gasteiger partial charge is 0.335 e. The molecule has 1 fully saturated rings. The van der Waals surface area contributed by atoms with E-state index in [1.807, 2.05) is 0 Å². The number of carbonyl (C=O) groups excluding carboxylic acids is 3. The number of amides is 4. The molecule has 136 valence electrons. The summed E-state index contributed by atoms with van der Waals surface area (Å²) in [4.78, 5) is 48.3. The smallest absolute Gasteiger partial charge is 0.273 e. The van der Waals surface area contributed by atoms with Gasteiger partial charge in [-0.15, -0.1) is 0 Å². The Hall–Kier alpha value is -3.52. The fourth-order valence-electron chi connectivity index (χ4n) is 2.56. The maximum Gasteiger partial charge on any atom is 0.335 e. The highest BCUT2D eigenvalue weighted by atomic mass is 35.5. The van der Waals surface area contributed by atoms with Crippen molar-refractivity contribution in [3.8, 4) is 0 Å². The number of hydrogen-bond acceptors (Lipinski definition) is 5. The molecule has 2 aromatic carbocycles. The standard InChI is InChI=1S/C18H12ClN3O5/c1-10-2-3-11(9-15(10)22(26)27)8-14-16(23)20-18(25)21(17(14)24)13-6-4-12(19)5-7-13/h2-9H,1H3,(H,20,23,25)/b14-8-. The molecule has 0 radical (unpaired) electrons. The highest BCUT2D eigenvalue weighted by molar-refractivity contribution is 6.39. The van der Waals surface area contributed by atoms with Crippen LogP contribution in [0.25, 0.3) is 6.08 Å². The number of imide groups is 2. The molecule has 0 aromatic heterocycles. The monoisotopic (exact) mass is 385 g/mol. The number of hydrogen-bond donors (Lipinski definition) is 1. The van der Waals surface area contributed by atoms with Gasteiger partial charge >= 0.3 is 6.03 Å². The van der Waals surface area contributed by atoms with Gasteiger partial charge in [0, 0.05) is 16.7 Å². The summed E-state index contributed by atoms with van der Waals surface area (Å²) in [5.41, 5.74) is 0.507. The molecule has 1 aliphatic rings. The van der Waals surface area contributed by atoms with E-state index in [0.29, 0.717) is 10.6 Å². The summed E-state index contributed by atoms with van der Waals surface area (Å²) in [6.45, 7) is 1.58. The van der Waals surface area contributed by atoms with Crippen LogP contribution in [0.3, 0.4) is 0 Å². The minimum atomic E-state index is -0.889. The van der Waals surface area contributed by atoms with Gasteiger partial charge in [0.25, 0.3) is 17.5 Å². The number of nitro groups is 1. The van der Waals surface area contributed by atoms with Crippen LogP contribution in [0.1, 0.15) is 11.1 Å². The highest BCUT2D eigenvalue weighted by Gasteiger charge is 2.36. The molecule has 1 N–H and O–H groups in total. The number of nitrogens with one attached hydrogen (secondary N) is 1. The first kappa shape index (κ1) is 18.3. The van der Waals surface area contributed by atoms with Crippen molar-refractivity contribution >= 4 is 46.9 Å². The van der Waals surface area contributed by atoms with Crippen LogP contribution in [0.2, 0.25) is 5.02 Å². The van der Waals surface area contributed by atoms with Gasteiger partial charge in [0.15, 0.2) is 0 Å². The molecule has 27 heavy (non-hydrogen) atoms. The number of rotatable bonds is 3. The lowest BCUT2D eigenvalue weighted by molar-refractivity contribution is -0.385. The third kappa shape index (κ3) is 3.56. The number of urea groups is 1. The van der Waals surface area contributed by atoms with Crippen molar-refractivity contribution in [2.45, 2.75) is 6.92 Å². The summed E-state index contributed by atoms with van der Waals surface area (Å²) >= 11 is 5.81. The predicted molar refractivity (Wildman–Crippen MR) is 98.3 cm³/mol. The van der Waals surface area contributed by atoms with E-state index in [4.69, 9.17) is 11.6 Å². The molecular formula is C18H12ClN3O5. The fraction of sp³-hybridized carbons (Fsp3) is 0.0556. The maximum atomic E-state index is 12.7. The highest BCUT2D eigenvalue weighted by Crippen LogP contribution is 2.25. The summed E-state index contributed by atoms with van der Waals surface area (Å²) in [6, 6.07) is 9.34. The van der Waals surface area contributed by atoms with Gasteiger partial charge in [-0.25, -0.2) is 9.69 Å². The van der Waals surface area contributed by atoms with E-state index in [9.17, 15) is 24.5 Å². The summed E-state index contributed by atoms with van der Waals surface area (Å²) in [7, 11) is 0. The minimum Gasteiger partial charge on any atom is -0.273 e. The first-order valence-corrected chi connectivity index (χ1v) is 8.08. The van der Waals surface area contributed by atoms with E-state index in [0.717, 1.165) is 4.90 Å². The molecular weight excluding hydrogens is 374 g/mol. The van der Waals surface area contributed by atoms with Crippen LogP contribution in [0.4, 0.5) is 16.2 Å². The van der Waals surface area contributed by atoms with Crippen molar-refractivity contribution in [3.63, 3.8) is 0 Å². The summed E-state index contributed by atoms with van der Waals surface area (Å²) in [5.74, 6) is -1.72. The third-order valence-electron chi connectivity index (χ3n) is 3.93. The minimum absolute atomic E-state index is 0.140. The Morgan fingerprint density at radius 2 is 1.78 bits per heavy atom. The van der Waals surface area contributed by atoms with E-state index >= 15 is 0 Å². The molecule has 8 nitrogen and oxygen atoms in total. The first-order valence-electron chi connectivity index (χ1n) is 7.70. The SMILES string of the molecule is Cc1ccc(/C=C2/C(=O)NC(=O)N(c3ccc(Cl)cc3)C2=O)cc1[N+](=O)[O-]. The Morgan fingerprint density at radius 3 is 2.41 bits per heavy atom. The number of anilines is 1. The van der Waals surface area contributed by atoms with E-state index in [2.05, 4.69) is 5.32 Å². The lowest BCUT2D eigenvalue weighted by Crippen LogP contribution is -2.54. The van der Waals surface area contributed by atoms with Crippen LogP contribution < -0.4 is 10.2 Å². The molecule has 1 saturated heterocycles. The molecule has 9 heteroatoms. The number of nitro benzene ring substituents is 1. The molecule has 1 aliphatic heterocycles. The van der Waals surface area contributed by atoms with E-state index in [-0.39, 0.29) is 22.5 Å². The zero-order valence-electron chi connectivity index (χ0n) is 13.9. The van der Waals surface area contributed by atoms with Crippen molar-refractivity contribution in [2.75, 3.05) is 4.90 Å². The van der Waals surface area contributed by atoms with Crippen molar-refractivity contribution in [2.24, 2.45) is 0 Å². The van der Waals surface area contributed by atoms with Gasteiger partial charge in [-0.3, -0.25) is 25.0 Å². The number of barbiturate groups is 1. The Balaban J connectivity index is 2.03. The zero-order valence-corrected chi connectivity index (χ0v) is 14.7. The molecule has 1 heterocycles. The Morgan fingerprint density at radius 1 is 1.11 bits per heavy atom. The molecule has 0 unspecified atom stereocenters. The van der Waals surface area contributed by atoms with Gasteiger partial charge in [0.2, 0.25) is 0 Å². The topological polar surface area (TPSA) is 110 Å². The van der Waals surface area contributed by atoms with Gasteiger partial charge in [-0.1, -0.05) is 23.7 Å². The molecule has 3 rings (SSSR count). The lowest BCUT2D eigenvalue weighted by atomic mass is 10.0. The second kappa shape index (κ2) is 7.00. The Labute approximate surface area is 158 Å². The van der Waals surface area contributed by atoms with Gasteiger partial charge < -0.3 is 0 Å². The van der Waals surface area contributed by atoms with Gasteiger partial charge in [0.1, 0.15) is 5.57 Å². The average Bonchev–Trinajstić information content (AvgIpc) is 2.61. The second-order valence-corrected chi connectivity index (χ2v) is 6.17. The third-order valence-corrected chi connectivity index (χ3v) is 4.18. The van der Waals surface area contributed by atoms with Crippen LogP contribution in [0, 0.1) is 17.0 Å². The van der Waals surface area contributed by atoms with Gasteiger partial charge in [-0.2, -0.15) is 0 Å². The summed E-state index contributed by atoms with van der Waals surface area (Å²) in [6.07, 6.45) is 1.21.